The smallest absolute Gasteiger partial charge is 0.238 e. The first kappa shape index (κ1) is 14.8. The number of aromatic nitrogens is 2. The SMILES string of the molecule is CC(C)(C)c1ccc(Oc2cnc3cc(Cl)ccc3n2)cc1. The second kappa shape index (κ2) is 5.58. The Labute approximate surface area is 134 Å². The number of hydrogen-bond donors (Lipinski definition) is 0. The third-order valence-electron chi connectivity index (χ3n) is 3.42. The van der Waals surface area contributed by atoms with E-state index in [1.54, 1.807) is 18.3 Å². The molecule has 0 N–H and O–H groups in total. The van der Waals surface area contributed by atoms with Gasteiger partial charge in [-0.1, -0.05) is 44.5 Å². The molecule has 0 unspecified atom stereocenters. The van der Waals surface area contributed by atoms with Gasteiger partial charge in [-0.3, -0.25) is 0 Å². The van der Waals surface area contributed by atoms with Gasteiger partial charge in [0, 0.05) is 5.02 Å². The monoisotopic (exact) mass is 312 g/mol. The Morgan fingerprint density at radius 1 is 0.955 bits per heavy atom. The first-order chi connectivity index (χ1) is 10.4. The Balaban J connectivity index is 1.85. The van der Waals surface area contributed by atoms with Crippen molar-refractivity contribution in [3.8, 4) is 11.6 Å². The molecule has 0 radical (unpaired) electrons. The third kappa shape index (κ3) is 3.20. The molecule has 0 saturated carbocycles. The largest absolute Gasteiger partial charge is 0.437 e. The van der Waals surface area contributed by atoms with E-state index in [4.69, 9.17) is 16.3 Å². The van der Waals surface area contributed by atoms with E-state index >= 15 is 0 Å². The maximum atomic E-state index is 5.94. The van der Waals surface area contributed by atoms with Gasteiger partial charge in [0.2, 0.25) is 5.88 Å². The van der Waals surface area contributed by atoms with Gasteiger partial charge in [0.05, 0.1) is 17.2 Å². The molecule has 0 saturated heterocycles. The zero-order chi connectivity index (χ0) is 15.7. The molecule has 0 aliphatic carbocycles. The molecule has 0 spiro atoms. The minimum atomic E-state index is 0.126. The molecule has 0 bridgehead atoms. The van der Waals surface area contributed by atoms with Crippen LogP contribution in [0.25, 0.3) is 11.0 Å². The standard InChI is InChI=1S/C18H17ClN2O/c1-18(2,3)12-4-7-14(8-5-12)22-17-11-20-16-10-13(19)6-9-15(16)21-17/h4-11H,1-3H3. The summed E-state index contributed by atoms with van der Waals surface area (Å²) in [7, 11) is 0. The summed E-state index contributed by atoms with van der Waals surface area (Å²) in [5.74, 6) is 1.22. The lowest BCUT2D eigenvalue weighted by Gasteiger charge is -2.19. The molecule has 0 atom stereocenters. The Bertz CT molecular complexity index is 807. The van der Waals surface area contributed by atoms with Gasteiger partial charge in [-0.05, 0) is 41.3 Å². The molecule has 0 amide bonds. The fourth-order valence-corrected chi connectivity index (χ4v) is 2.33. The number of rotatable bonds is 2. The molecule has 1 aromatic heterocycles. The minimum Gasteiger partial charge on any atom is -0.437 e. The van der Waals surface area contributed by atoms with E-state index in [0.29, 0.717) is 10.9 Å². The van der Waals surface area contributed by atoms with E-state index in [1.165, 1.54) is 5.56 Å². The average molecular weight is 313 g/mol. The van der Waals surface area contributed by atoms with E-state index in [-0.39, 0.29) is 5.41 Å². The molecule has 22 heavy (non-hydrogen) atoms. The zero-order valence-electron chi connectivity index (χ0n) is 12.8. The van der Waals surface area contributed by atoms with Gasteiger partial charge < -0.3 is 4.74 Å². The van der Waals surface area contributed by atoms with Gasteiger partial charge in [0.1, 0.15) is 5.75 Å². The van der Waals surface area contributed by atoms with Crippen LogP contribution in [0.2, 0.25) is 5.02 Å². The summed E-state index contributed by atoms with van der Waals surface area (Å²) in [5, 5.41) is 0.647. The molecule has 3 rings (SSSR count). The van der Waals surface area contributed by atoms with Gasteiger partial charge in [-0.15, -0.1) is 0 Å². The number of hydrogen-bond acceptors (Lipinski definition) is 3. The maximum Gasteiger partial charge on any atom is 0.238 e. The highest BCUT2D eigenvalue weighted by atomic mass is 35.5. The molecule has 112 valence electrons. The predicted octanol–water partition coefficient (Wildman–Crippen LogP) is 5.37. The van der Waals surface area contributed by atoms with Crippen LogP contribution in [0, 0.1) is 0 Å². The highest BCUT2D eigenvalue weighted by Gasteiger charge is 2.13. The van der Waals surface area contributed by atoms with Crippen molar-refractivity contribution in [2.75, 3.05) is 0 Å². The normalized spacial score (nSPS) is 11.6. The summed E-state index contributed by atoms with van der Waals surface area (Å²) >= 11 is 5.94. The molecule has 4 heteroatoms. The van der Waals surface area contributed by atoms with E-state index in [1.807, 2.05) is 18.2 Å². The Kier molecular flexibility index (Phi) is 3.75. The van der Waals surface area contributed by atoms with Crippen LogP contribution in [0.5, 0.6) is 11.6 Å². The fraction of sp³-hybridized carbons (Fsp3) is 0.222. The number of ether oxygens (including phenoxy) is 1. The highest BCUT2D eigenvalue weighted by Crippen LogP contribution is 2.27. The van der Waals surface area contributed by atoms with Crippen molar-refractivity contribution >= 4 is 22.6 Å². The van der Waals surface area contributed by atoms with Gasteiger partial charge in [0.25, 0.3) is 0 Å². The zero-order valence-corrected chi connectivity index (χ0v) is 13.6. The summed E-state index contributed by atoms with van der Waals surface area (Å²) in [6.07, 6.45) is 1.61. The van der Waals surface area contributed by atoms with Gasteiger partial charge >= 0.3 is 0 Å². The number of benzene rings is 2. The molecule has 3 aromatic rings. The van der Waals surface area contributed by atoms with Crippen molar-refractivity contribution in [3.05, 3.63) is 59.2 Å². The summed E-state index contributed by atoms with van der Waals surface area (Å²) in [5.41, 5.74) is 2.90. The lowest BCUT2D eigenvalue weighted by Crippen LogP contribution is -2.10. The summed E-state index contributed by atoms with van der Waals surface area (Å²) in [6.45, 7) is 6.55. The first-order valence-corrected chi connectivity index (χ1v) is 7.50. The molecule has 0 aliphatic heterocycles. The van der Waals surface area contributed by atoms with E-state index < -0.39 is 0 Å². The Morgan fingerprint density at radius 3 is 2.36 bits per heavy atom. The topological polar surface area (TPSA) is 35.0 Å². The Hall–Kier alpha value is -2.13. The lowest BCUT2D eigenvalue weighted by atomic mass is 9.87. The molecule has 0 aliphatic rings. The summed E-state index contributed by atoms with van der Waals surface area (Å²) < 4.78 is 5.78. The molecule has 2 aromatic carbocycles. The van der Waals surface area contributed by atoms with Crippen LogP contribution >= 0.6 is 11.6 Å². The summed E-state index contributed by atoms with van der Waals surface area (Å²) in [6, 6.07) is 13.5. The molecular formula is C18H17ClN2O. The van der Waals surface area contributed by atoms with Crippen LogP contribution in [-0.2, 0) is 5.41 Å². The minimum absolute atomic E-state index is 0.126. The Morgan fingerprint density at radius 2 is 1.68 bits per heavy atom. The molecular weight excluding hydrogens is 296 g/mol. The summed E-state index contributed by atoms with van der Waals surface area (Å²) in [4.78, 5) is 8.76. The van der Waals surface area contributed by atoms with Crippen molar-refractivity contribution in [1.29, 1.82) is 0 Å². The van der Waals surface area contributed by atoms with Crippen LogP contribution in [0.3, 0.4) is 0 Å². The first-order valence-electron chi connectivity index (χ1n) is 7.12. The van der Waals surface area contributed by atoms with Crippen molar-refractivity contribution in [2.24, 2.45) is 0 Å². The van der Waals surface area contributed by atoms with Crippen molar-refractivity contribution < 1.29 is 4.74 Å². The van der Waals surface area contributed by atoms with Crippen LogP contribution in [0.15, 0.2) is 48.7 Å². The van der Waals surface area contributed by atoms with Crippen molar-refractivity contribution in [1.82, 2.24) is 9.97 Å². The van der Waals surface area contributed by atoms with Crippen molar-refractivity contribution in [3.63, 3.8) is 0 Å². The fourth-order valence-electron chi connectivity index (χ4n) is 2.16. The van der Waals surface area contributed by atoms with E-state index in [2.05, 4.69) is 42.9 Å². The van der Waals surface area contributed by atoms with E-state index in [9.17, 15) is 0 Å². The molecule has 3 nitrogen and oxygen atoms in total. The van der Waals surface area contributed by atoms with Crippen LogP contribution in [0.4, 0.5) is 0 Å². The van der Waals surface area contributed by atoms with Crippen LogP contribution in [0.1, 0.15) is 26.3 Å². The second-order valence-electron chi connectivity index (χ2n) is 6.22. The predicted molar refractivity (Wildman–Crippen MR) is 89.8 cm³/mol. The number of fused-ring (bicyclic) bond motifs is 1. The molecule has 0 fully saturated rings. The molecule has 1 heterocycles. The van der Waals surface area contributed by atoms with Gasteiger partial charge in [0.15, 0.2) is 0 Å². The highest BCUT2D eigenvalue weighted by molar-refractivity contribution is 6.31. The number of halogens is 1. The van der Waals surface area contributed by atoms with Crippen LogP contribution in [-0.4, -0.2) is 9.97 Å². The van der Waals surface area contributed by atoms with Gasteiger partial charge in [-0.25, -0.2) is 9.97 Å². The number of nitrogens with zero attached hydrogens (tertiary/aromatic N) is 2. The lowest BCUT2D eigenvalue weighted by molar-refractivity contribution is 0.462. The quantitative estimate of drug-likeness (QED) is 0.637. The van der Waals surface area contributed by atoms with Gasteiger partial charge in [-0.2, -0.15) is 0 Å². The third-order valence-corrected chi connectivity index (χ3v) is 3.66. The van der Waals surface area contributed by atoms with Crippen LogP contribution < -0.4 is 4.74 Å². The second-order valence-corrected chi connectivity index (χ2v) is 6.65. The van der Waals surface area contributed by atoms with Crippen molar-refractivity contribution in [2.45, 2.75) is 26.2 Å². The van der Waals surface area contributed by atoms with E-state index in [0.717, 1.165) is 16.8 Å². The maximum absolute atomic E-state index is 5.94. The average Bonchev–Trinajstić information content (AvgIpc) is 2.47.